The number of H-pyrrole nitrogens is 1. The Labute approximate surface area is 182 Å². The van der Waals surface area contributed by atoms with Crippen molar-refractivity contribution in [2.75, 3.05) is 13.1 Å². The molecule has 3 aromatic rings. The lowest BCUT2D eigenvalue weighted by Crippen LogP contribution is -2.38. The summed E-state index contributed by atoms with van der Waals surface area (Å²) in [5.41, 5.74) is 6.37. The Bertz CT molecular complexity index is 1050. The second kappa shape index (κ2) is 8.19. The van der Waals surface area contributed by atoms with E-state index < -0.39 is 5.60 Å². The van der Waals surface area contributed by atoms with Gasteiger partial charge >= 0.3 is 6.09 Å². The summed E-state index contributed by atoms with van der Waals surface area (Å²) in [6.07, 6.45) is 5.30. The van der Waals surface area contributed by atoms with Crippen LogP contribution in [0.2, 0.25) is 5.02 Å². The highest BCUT2D eigenvalue weighted by Crippen LogP contribution is 2.40. The first kappa shape index (κ1) is 20.5. The number of aromatic amines is 1. The van der Waals surface area contributed by atoms with Gasteiger partial charge in [0, 0.05) is 47.2 Å². The molecule has 0 radical (unpaired) electrons. The number of nitrogens with zero attached hydrogens (tertiary/aromatic N) is 1. The number of benzene rings is 2. The van der Waals surface area contributed by atoms with Crippen LogP contribution in [0, 0.1) is 0 Å². The second-order valence-electron chi connectivity index (χ2n) is 8.68. The van der Waals surface area contributed by atoms with Gasteiger partial charge < -0.3 is 14.6 Å². The quantitative estimate of drug-likeness (QED) is 0.523. The highest BCUT2D eigenvalue weighted by molar-refractivity contribution is 6.33. The van der Waals surface area contributed by atoms with E-state index in [0.29, 0.717) is 13.1 Å². The largest absolute Gasteiger partial charge is 0.444 e. The third kappa shape index (κ3) is 4.24. The van der Waals surface area contributed by atoms with Crippen LogP contribution < -0.4 is 0 Å². The van der Waals surface area contributed by atoms with E-state index in [0.717, 1.165) is 40.1 Å². The summed E-state index contributed by atoms with van der Waals surface area (Å²) in [5.74, 6) is 0. The highest BCUT2D eigenvalue weighted by atomic mass is 35.5. The summed E-state index contributed by atoms with van der Waals surface area (Å²) in [6, 6.07) is 14.4. The molecule has 0 bridgehead atoms. The van der Waals surface area contributed by atoms with Crippen LogP contribution in [-0.2, 0) is 17.6 Å². The van der Waals surface area contributed by atoms with Gasteiger partial charge in [-0.15, -0.1) is 0 Å². The minimum Gasteiger partial charge on any atom is -0.444 e. The molecule has 1 amide bonds. The van der Waals surface area contributed by atoms with Crippen LogP contribution in [0.1, 0.15) is 31.9 Å². The molecule has 30 heavy (non-hydrogen) atoms. The third-order valence-electron chi connectivity index (χ3n) is 5.39. The molecule has 2 heterocycles. The van der Waals surface area contributed by atoms with E-state index >= 15 is 0 Å². The number of halogens is 1. The molecule has 4 nitrogen and oxygen atoms in total. The molecular formula is C25H27ClN2O2. The van der Waals surface area contributed by atoms with Crippen molar-refractivity contribution in [3.8, 4) is 22.3 Å². The maximum Gasteiger partial charge on any atom is 0.410 e. The Morgan fingerprint density at radius 1 is 1.00 bits per heavy atom. The summed E-state index contributed by atoms with van der Waals surface area (Å²) in [5, 5.41) is 0.733. The van der Waals surface area contributed by atoms with Crippen LogP contribution in [0.5, 0.6) is 0 Å². The van der Waals surface area contributed by atoms with E-state index in [1.165, 1.54) is 11.1 Å². The summed E-state index contributed by atoms with van der Waals surface area (Å²) in [4.78, 5) is 17.7. The summed E-state index contributed by atoms with van der Waals surface area (Å²) < 4.78 is 5.59. The van der Waals surface area contributed by atoms with Crippen molar-refractivity contribution in [1.29, 1.82) is 0 Å². The van der Waals surface area contributed by atoms with Crippen LogP contribution in [-0.4, -0.2) is 34.7 Å². The Balaban J connectivity index is 1.69. The smallest absolute Gasteiger partial charge is 0.410 e. The predicted octanol–water partition coefficient (Wildman–Crippen LogP) is 6.34. The fraction of sp³-hybridized carbons (Fsp3) is 0.320. The minimum atomic E-state index is -0.500. The van der Waals surface area contributed by atoms with E-state index in [9.17, 15) is 4.79 Å². The number of aromatic nitrogens is 1. The average Bonchev–Trinajstić information content (AvgIpc) is 3.07. The van der Waals surface area contributed by atoms with Crippen LogP contribution in [0.4, 0.5) is 4.79 Å². The maximum atomic E-state index is 12.6. The molecule has 4 rings (SSSR count). The fourth-order valence-corrected chi connectivity index (χ4v) is 4.30. The number of hydrogen-bond acceptors (Lipinski definition) is 2. The molecule has 0 saturated heterocycles. The molecule has 0 unspecified atom stereocenters. The molecule has 0 atom stereocenters. The molecule has 0 fully saturated rings. The van der Waals surface area contributed by atoms with E-state index in [1.807, 2.05) is 57.4 Å². The van der Waals surface area contributed by atoms with Crippen molar-refractivity contribution in [3.05, 3.63) is 71.0 Å². The average molecular weight is 423 g/mol. The monoisotopic (exact) mass is 422 g/mol. The summed E-state index contributed by atoms with van der Waals surface area (Å²) >= 11 is 6.73. The van der Waals surface area contributed by atoms with Gasteiger partial charge in [0.1, 0.15) is 5.60 Å². The zero-order chi connectivity index (χ0) is 21.3. The van der Waals surface area contributed by atoms with Crippen molar-refractivity contribution in [2.45, 2.75) is 39.2 Å². The second-order valence-corrected chi connectivity index (χ2v) is 9.08. The summed E-state index contributed by atoms with van der Waals surface area (Å²) in [7, 11) is 0. The molecule has 5 heteroatoms. The zero-order valence-electron chi connectivity index (χ0n) is 17.7. The van der Waals surface area contributed by atoms with Crippen molar-refractivity contribution in [1.82, 2.24) is 9.88 Å². The number of nitrogens with one attached hydrogen (secondary N) is 1. The van der Waals surface area contributed by atoms with Gasteiger partial charge in [0.2, 0.25) is 0 Å². The number of rotatable bonds is 2. The number of hydrogen-bond donors (Lipinski definition) is 1. The lowest BCUT2D eigenvalue weighted by atomic mass is 9.90. The molecule has 2 aromatic carbocycles. The van der Waals surface area contributed by atoms with Crippen molar-refractivity contribution in [2.24, 2.45) is 0 Å². The van der Waals surface area contributed by atoms with Crippen molar-refractivity contribution in [3.63, 3.8) is 0 Å². The first-order valence-electron chi connectivity index (χ1n) is 10.3. The molecule has 1 aliphatic rings. The molecule has 1 aliphatic heterocycles. The van der Waals surface area contributed by atoms with Gasteiger partial charge in [-0.25, -0.2) is 4.79 Å². The summed E-state index contributed by atoms with van der Waals surface area (Å²) in [6.45, 7) is 6.94. The van der Waals surface area contributed by atoms with Crippen molar-refractivity contribution >= 4 is 17.7 Å². The van der Waals surface area contributed by atoms with Gasteiger partial charge in [-0.05, 0) is 56.4 Å². The number of carbonyl (C=O) groups is 1. The molecule has 156 valence electrons. The van der Waals surface area contributed by atoms with E-state index in [1.54, 1.807) is 4.90 Å². The lowest BCUT2D eigenvalue weighted by molar-refractivity contribution is 0.0258. The number of amides is 1. The van der Waals surface area contributed by atoms with Crippen LogP contribution in [0.15, 0.2) is 54.9 Å². The fourth-order valence-electron chi connectivity index (χ4n) is 4.02. The highest BCUT2D eigenvalue weighted by Gasteiger charge is 2.26. The Morgan fingerprint density at radius 3 is 2.43 bits per heavy atom. The zero-order valence-corrected chi connectivity index (χ0v) is 18.4. The molecule has 1 aromatic heterocycles. The lowest BCUT2D eigenvalue weighted by Gasteiger charge is -2.26. The van der Waals surface area contributed by atoms with Crippen molar-refractivity contribution < 1.29 is 9.53 Å². The number of fused-ring (bicyclic) bond motifs is 1. The SMILES string of the molecule is CC(C)(C)OC(=O)N1CCc2ccc(Cl)c(-c3c[nH]cc3-c3ccccc3)c2CC1. The number of ether oxygens (including phenoxy) is 1. The third-order valence-corrected chi connectivity index (χ3v) is 5.71. The van der Waals surface area contributed by atoms with Gasteiger partial charge in [0.25, 0.3) is 0 Å². The van der Waals surface area contributed by atoms with E-state index in [4.69, 9.17) is 16.3 Å². The molecule has 1 N–H and O–H groups in total. The molecule has 0 spiro atoms. The Kier molecular flexibility index (Phi) is 5.61. The van der Waals surface area contributed by atoms with Crippen LogP contribution in [0.3, 0.4) is 0 Å². The predicted molar refractivity (Wildman–Crippen MR) is 122 cm³/mol. The minimum absolute atomic E-state index is 0.255. The Morgan fingerprint density at radius 2 is 1.70 bits per heavy atom. The van der Waals surface area contributed by atoms with Crippen LogP contribution in [0.25, 0.3) is 22.3 Å². The maximum absolute atomic E-state index is 12.6. The van der Waals surface area contributed by atoms with E-state index in [-0.39, 0.29) is 6.09 Å². The van der Waals surface area contributed by atoms with Gasteiger partial charge in [-0.1, -0.05) is 48.0 Å². The van der Waals surface area contributed by atoms with E-state index in [2.05, 4.69) is 23.2 Å². The normalized spacial score (nSPS) is 14.2. The Hall–Kier alpha value is -2.72. The topological polar surface area (TPSA) is 45.3 Å². The first-order valence-corrected chi connectivity index (χ1v) is 10.7. The number of carbonyl (C=O) groups excluding carboxylic acids is 1. The van der Waals surface area contributed by atoms with Gasteiger partial charge in [-0.2, -0.15) is 0 Å². The molecular weight excluding hydrogens is 396 g/mol. The van der Waals surface area contributed by atoms with Gasteiger partial charge in [0.05, 0.1) is 0 Å². The standard InChI is InChI=1S/C25H27ClN2O2/c1-25(2,3)30-24(29)28-13-11-18-9-10-22(26)23(19(18)12-14-28)21-16-27-15-20(21)17-7-5-4-6-8-17/h4-10,15-16,27H,11-14H2,1-3H3. The van der Waals surface area contributed by atoms with Gasteiger partial charge in [0.15, 0.2) is 0 Å². The molecule has 0 saturated carbocycles. The van der Waals surface area contributed by atoms with Crippen LogP contribution >= 0.6 is 11.6 Å². The first-order chi connectivity index (χ1) is 14.3. The molecule has 0 aliphatic carbocycles. The van der Waals surface area contributed by atoms with Gasteiger partial charge in [-0.3, -0.25) is 0 Å².